The molecule has 4 aromatic rings. The van der Waals surface area contributed by atoms with Gasteiger partial charge in [0.05, 0.1) is 39.6 Å². The Hall–Kier alpha value is -6.15. The van der Waals surface area contributed by atoms with Crippen molar-refractivity contribution in [2.24, 2.45) is 5.10 Å². The van der Waals surface area contributed by atoms with E-state index in [1.807, 2.05) is 0 Å². The van der Waals surface area contributed by atoms with Gasteiger partial charge in [-0.1, -0.05) is 11.6 Å². The number of carbonyl (C=O) groups excluding carboxylic acids is 3. The number of non-ortho nitro benzene ring substituents is 1. The quantitative estimate of drug-likeness (QED) is 0.0646. The summed E-state index contributed by atoms with van der Waals surface area (Å²) in [5.74, 6) is -0.851. The molecule has 0 saturated heterocycles. The summed E-state index contributed by atoms with van der Waals surface area (Å²) in [6.07, 6.45) is 1.09. The van der Waals surface area contributed by atoms with Crippen molar-refractivity contribution in [1.82, 2.24) is 5.43 Å². The highest BCUT2D eigenvalue weighted by Crippen LogP contribution is 2.38. The molecule has 0 aliphatic rings. The molecule has 2 amide bonds. The Balaban J connectivity index is 1.46. The summed E-state index contributed by atoms with van der Waals surface area (Å²) in [7, 11) is 5.69. The molecule has 15 heteroatoms. The number of methoxy groups -OCH3 is 4. The Morgan fingerprint density at radius 1 is 0.766 bits per heavy atom. The van der Waals surface area contributed by atoms with Crippen LogP contribution in [0.25, 0.3) is 0 Å². The fraction of sp³-hybridized carbons (Fsp3) is 0.125. The third-order valence-corrected chi connectivity index (χ3v) is 6.72. The first-order valence-corrected chi connectivity index (χ1v) is 13.8. The van der Waals surface area contributed by atoms with Gasteiger partial charge >= 0.3 is 5.97 Å². The van der Waals surface area contributed by atoms with Crippen LogP contribution in [0.15, 0.2) is 77.9 Å². The Kier molecular flexibility index (Phi) is 10.9. The third-order valence-electron chi connectivity index (χ3n) is 6.49. The minimum atomic E-state index is -0.839. The normalized spacial score (nSPS) is 10.6. The molecule has 0 unspecified atom stereocenters. The van der Waals surface area contributed by atoms with Crippen molar-refractivity contribution in [2.75, 3.05) is 33.8 Å². The van der Waals surface area contributed by atoms with Crippen LogP contribution in [0.1, 0.15) is 36.6 Å². The van der Waals surface area contributed by atoms with Crippen molar-refractivity contribution in [3.05, 3.63) is 110 Å². The number of nitro benzene ring substituents is 1. The highest BCUT2D eigenvalue weighted by molar-refractivity contribution is 6.31. The van der Waals surface area contributed by atoms with Crippen molar-refractivity contribution in [3.8, 4) is 28.7 Å². The molecule has 242 valence electrons. The monoisotopic (exact) mass is 662 g/mol. The highest BCUT2D eigenvalue weighted by Gasteiger charge is 2.20. The molecule has 2 N–H and O–H groups in total. The van der Waals surface area contributed by atoms with Gasteiger partial charge in [0, 0.05) is 39.5 Å². The zero-order chi connectivity index (χ0) is 34.1. The molecular formula is C32H27ClN4O10. The Morgan fingerprint density at radius 2 is 1.40 bits per heavy atom. The summed E-state index contributed by atoms with van der Waals surface area (Å²) in [5, 5.41) is 18.2. The zero-order valence-corrected chi connectivity index (χ0v) is 26.1. The molecule has 0 spiro atoms. The zero-order valence-electron chi connectivity index (χ0n) is 25.4. The molecule has 47 heavy (non-hydrogen) atoms. The van der Waals surface area contributed by atoms with Gasteiger partial charge in [-0.2, -0.15) is 5.10 Å². The van der Waals surface area contributed by atoms with E-state index in [1.165, 1.54) is 89.1 Å². The first-order chi connectivity index (χ1) is 22.6. The first-order valence-electron chi connectivity index (χ1n) is 13.5. The maximum atomic E-state index is 12.9. The van der Waals surface area contributed by atoms with Crippen molar-refractivity contribution in [2.45, 2.75) is 0 Å². The number of hydrogen-bond acceptors (Lipinski definition) is 11. The summed E-state index contributed by atoms with van der Waals surface area (Å²) in [5.41, 5.74) is 2.88. The number of carbonyl (C=O) groups is 3. The lowest BCUT2D eigenvalue weighted by molar-refractivity contribution is -0.384. The predicted octanol–water partition coefficient (Wildman–Crippen LogP) is 5.52. The summed E-state index contributed by atoms with van der Waals surface area (Å²) < 4.78 is 26.5. The number of halogens is 1. The number of hydrazone groups is 1. The van der Waals surface area contributed by atoms with Crippen LogP contribution in [-0.2, 0) is 0 Å². The number of nitro groups is 1. The second-order valence-corrected chi connectivity index (χ2v) is 9.79. The highest BCUT2D eigenvalue weighted by atomic mass is 35.5. The number of amides is 2. The van der Waals surface area contributed by atoms with Gasteiger partial charge in [-0.25, -0.2) is 10.2 Å². The fourth-order valence-electron chi connectivity index (χ4n) is 4.18. The molecule has 0 saturated carbocycles. The number of hydrogen-bond donors (Lipinski definition) is 2. The summed E-state index contributed by atoms with van der Waals surface area (Å²) >= 11 is 6.01. The third kappa shape index (κ3) is 8.12. The maximum absolute atomic E-state index is 12.9. The summed E-state index contributed by atoms with van der Waals surface area (Å²) in [6.45, 7) is 0. The number of esters is 1. The van der Waals surface area contributed by atoms with Crippen LogP contribution >= 0.6 is 11.6 Å². The summed E-state index contributed by atoms with van der Waals surface area (Å²) in [4.78, 5) is 49.3. The van der Waals surface area contributed by atoms with Crippen LogP contribution < -0.4 is 34.4 Å². The largest absolute Gasteiger partial charge is 0.496 e. The van der Waals surface area contributed by atoms with Crippen LogP contribution in [0, 0.1) is 10.1 Å². The van der Waals surface area contributed by atoms with E-state index in [1.54, 1.807) is 0 Å². The number of anilines is 1. The van der Waals surface area contributed by atoms with E-state index in [0.29, 0.717) is 22.9 Å². The lowest BCUT2D eigenvalue weighted by atomic mass is 10.1. The standard InChI is InChI=1S/C32H27ClN4O10/c1-43-26-11-7-21(33)16-24(26)32(40)47-25-12-10-23(37(41)42)13-20(25)17-34-36-31(39)18-5-8-22(9-6-18)35-30(38)19-14-27(44-2)29(46-4)28(15-19)45-3/h5-17H,1-4H3,(H,35,38)(H,36,39)/b34-17+. The van der Waals surface area contributed by atoms with Gasteiger partial charge < -0.3 is 29.0 Å². The number of nitrogens with one attached hydrogen (secondary N) is 2. The second-order valence-electron chi connectivity index (χ2n) is 9.36. The topological polar surface area (TPSA) is 177 Å². The molecule has 0 aliphatic carbocycles. The minimum absolute atomic E-state index is 0.0256. The van der Waals surface area contributed by atoms with E-state index in [-0.39, 0.29) is 44.5 Å². The van der Waals surface area contributed by atoms with E-state index in [2.05, 4.69) is 15.8 Å². The van der Waals surface area contributed by atoms with Gasteiger partial charge in [0.1, 0.15) is 17.1 Å². The number of rotatable bonds is 12. The van der Waals surface area contributed by atoms with Crippen LogP contribution in [0.5, 0.6) is 28.7 Å². The fourth-order valence-corrected chi connectivity index (χ4v) is 4.36. The Morgan fingerprint density at radius 3 is 2.00 bits per heavy atom. The maximum Gasteiger partial charge on any atom is 0.347 e. The SMILES string of the molecule is COc1ccc(Cl)cc1C(=O)Oc1ccc([N+](=O)[O-])cc1/C=N/NC(=O)c1ccc(NC(=O)c2cc(OC)c(OC)c(OC)c2)cc1. The second kappa shape index (κ2) is 15.2. The Bertz CT molecular complexity index is 1840. The molecule has 0 fully saturated rings. The van der Waals surface area contributed by atoms with E-state index in [4.69, 9.17) is 35.3 Å². The molecule has 0 aromatic heterocycles. The lowest BCUT2D eigenvalue weighted by Crippen LogP contribution is -2.18. The molecule has 0 bridgehead atoms. The smallest absolute Gasteiger partial charge is 0.347 e. The number of ether oxygens (including phenoxy) is 5. The molecule has 0 heterocycles. The number of nitrogens with zero attached hydrogens (tertiary/aromatic N) is 2. The van der Waals surface area contributed by atoms with Gasteiger partial charge in [-0.05, 0) is 60.7 Å². The molecule has 0 aliphatic heterocycles. The van der Waals surface area contributed by atoms with Crippen molar-refractivity contribution >= 4 is 47.0 Å². The minimum Gasteiger partial charge on any atom is -0.496 e. The van der Waals surface area contributed by atoms with Crippen molar-refractivity contribution in [1.29, 1.82) is 0 Å². The molecule has 0 atom stereocenters. The van der Waals surface area contributed by atoms with Gasteiger partial charge in [-0.3, -0.25) is 19.7 Å². The Labute approximate surface area is 272 Å². The van der Waals surface area contributed by atoms with Crippen LogP contribution in [-0.4, -0.2) is 57.4 Å². The van der Waals surface area contributed by atoms with Gasteiger partial charge in [0.2, 0.25) is 5.75 Å². The van der Waals surface area contributed by atoms with Gasteiger partial charge in [0.25, 0.3) is 17.5 Å². The van der Waals surface area contributed by atoms with Crippen LogP contribution in [0.3, 0.4) is 0 Å². The number of benzene rings is 4. The summed E-state index contributed by atoms with van der Waals surface area (Å²) in [6, 6.07) is 16.8. The molecule has 4 rings (SSSR count). The van der Waals surface area contributed by atoms with E-state index in [9.17, 15) is 24.5 Å². The molecule has 14 nitrogen and oxygen atoms in total. The molecule has 4 aromatic carbocycles. The van der Waals surface area contributed by atoms with Crippen molar-refractivity contribution in [3.63, 3.8) is 0 Å². The van der Waals surface area contributed by atoms with Crippen LogP contribution in [0.2, 0.25) is 5.02 Å². The average Bonchev–Trinajstić information content (AvgIpc) is 3.08. The lowest BCUT2D eigenvalue weighted by Gasteiger charge is -2.14. The van der Waals surface area contributed by atoms with Gasteiger partial charge in [-0.15, -0.1) is 0 Å². The molecule has 0 radical (unpaired) electrons. The van der Waals surface area contributed by atoms with E-state index < -0.39 is 22.7 Å². The first kappa shape index (κ1) is 33.7. The molecular weight excluding hydrogens is 636 g/mol. The van der Waals surface area contributed by atoms with E-state index >= 15 is 0 Å². The predicted molar refractivity (Wildman–Crippen MR) is 172 cm³/mol. The van der Waals surface area contributed by atoms with E-state index in [0.717, 1.165) is 18.3 Å². The van der Waals surface area contributed by atoms with Crippen molar-refractivity contribution < 1.29 is 43.0 Å². The van der Waals surface area contributed by atoms with Crippen LogP contribution in [0.4, 0.5) is 11.4 Å². The van der Waals surface area contributed by atoms with Gasteiger partial charge in [0.15, 0.2) is 11.5 Å². The average molecular weight is 663 g/mol.